The van der Waals surface area contributed by atoms with Gasteiger partial charge in [-0.05, 0) is 0 Å². The molecule has 0 aliphatic heterocycles. The molecule has 0 saturated carbocycles. The summed E-state index contributed by atoms with van der Waals surface area (Å²) in [6, 6.07) is 0. The summed E-state index contributed by atoms with van der Waals surface area (Å²) in [5.74, 6) is 0. The van der Waals surface area contributed by atoms with Crippen molar-refractivity contribution < 1.29 is 29.9 Å². The van der Waals surface area contributed by atoms with E-state index in [-0.39, 0.29) is 11.1 Å². The zero-order valence-corrected chi connectivity index (χ0v) is 6.33. The van der Waals surface area contributed by atoms with Crippen molar-refractivity contribution in [1.29, 1.82) is 0 Å². The molecule has 0 aromatic carbocycles. The Morgan fingerprint density at radius 1 is 1.17 bits per heavy atom. The maximum Gasteiger partial charge on any atom is 0.122 e. The molecule has 3 atom stereocenters. The Balaban J connectivity index is 0. The highest BCUT2D eigenvalue weighted by atomic mass is 19.0. The van der Waals surface area contributed by atoms with Crippen LogP contribution in [0.2, 0.25) is 0 Å². The Labute approximate surface area is 68.6 Å². The van der Waals surface area contributed by atoms with Crippen molar-refractivity contribution in [2.75, 3.05) is 6.61 Å². The molecule has 5 nitrogen and oxygen atoms in total. The number of rotatable bonds is 5. The lowest BCUT2D eigenvalue weighted by Crippen LogP contribution is -2.39. The lowest BCUT2D eigenvalue weighted by Gasteiger charge is -2.19. The van der Waals surface area contributed by atoms with Crippen LogP contribution in [-0.2, 0) is 4.79 Å². The highest BCUT2D eigenvalue weighted by molar-refractivity contribution is 5.50. The third-order valence-electron chi connectivity index (χ3n) is 1.31. The van der Waals surface area contributed by atoms with Gasteiger partial charge in [0, 0.05) is 6.42 Å². The second-order valence-corrected chi connectivity index (χ2v) is 2.21. The number of carbonyl (C=O) groups excluding carboxylic acids is 1. The molecule has 0 saturated heterocycles. The maximum atomic E-state index is 9.82. The Kier molecular flexibility index (Phi) is 8.29. The van der Waals surface area contributed by atoms with Gasteiger partial charge >= 0.3 is 0 Å². The topological polar surface area (TPSA) is 98.0 Å². The lowest BCUT2D eigenvalue weighted by molar-refractivity contribution is -0.115. The Bertz CT molecular complexity index is 121. The first-order valence-corrected chi connectivity index (χ1v) is 3.22. The van der Waals surface area contributed by atoms with Gasteiger partial charge in [0.1, 0.15) is 18.5 Å². The number of aliphatic hydroxyl groups excluding tert-OH is 4. The molecule has 12 heavy (non-hydrogen) atoms. The summed E-state index contributed by atoms with van der Waals surface area (Å²) in [4.78, 5) is 9.82. The molecular weight excluding hydrogens is 171 g/mol. The van der Waals surface area contributed by atoms with Gasteiger partial charge in [-0.15, -0.1) is 0 Å². The summed E-state index contributed by atoms with van der Waals surface area (Å²) in [6.07, 6.45) is -4.00. The third kappa shape index (κ3) is 4.35. The monoisotopic (exact) mass is 184 g/mol. The van der Waals surface area contributed by atoms with Crippen molar-refractivity contribution in [3.8, 4) is 0 Å². The molecule has 0 aliphatic carbocycles. The Morgan fingerprint density at radius 3 is 2.00 bits per heavy atom. The zero-order valence-electron chi connectivity index (χ0n) is 6.33. The predicted octanol–water partition coefficient (Wildman–Crippen LogP) is -2.20. The number of aliphatic hydroxyl groups is 4. The van der Waals surface area contributed by atoms with Crippen molar-refractivity contribution in [2.24, 2.45) is 0 Å². The number of halogens is 1. The van der Waals surface area contributed by atoms with Crippen LogP contribution in [0.4, 0.5) is 4.70 Å². The van der Waals surface area contributed by atoms with Gasteiger partial charge in [-0.25, -0.2) is 0 Å². The summed E-state index contributed by atoms with van der Waals surface area (Å²) in [5.41, 5.74) is 0. The summed E-state index contributed by atoms with van der Waals surface area (Å²) >= 11 is 0. The average Bonchev–Trinajstić information content (AvgIpc) is 2.02. The van der Waals surface area contributed by atoms with Gasteiger partial charge in [-0.1, -0.05) is 0 Å². The molecule has 3 unspecified atom stereocenters. The minimum absolute atomic E-state index is 0. The first-order valence-electron chi connectivity index (χ1n) is 3.22. The van der Waals surface area contributed by atoms with Gasteiger partial charge in [0.2, 0.25) is 0 Å². The van der Waals surface area contributed by atoms with E-state index in [2.05, 4.69) is 0 Å². The lowest BCUT2D eigenvalue weighted by atomic mass is 10.1. The summed E-state index contributed by atoms with van der Waals surface area (Å²) in [7, 11) is 0. The van der Waals surface area contributed by atoms with Crippen LogP contribution in [-0.4, -0.2) is 51.6 Å². The second kappa shape index (κ2) is 7.11. The van der Waals surface area contributed by atoms with E-state index in [4.69, 9.17) is 20.4 Å². The van der Waals surface area contributed by atoms with Gasteiger partial charge in [-0.2, -0.15) is 0 Å². The van der Waals surface area contributed by atoms with Crippen molar-refractivity contribution >= 4 is 6.29 Å². The Hall–Kier alpha value is -0.560. The van der Waals surface area contributed by atoms with Crippen molar-refractivity contribution in [1.82, 2.24) is 0 Å². The predicted molar refractivity (Wildman–Crippen MR) is 38.3 cm³/mol. The molecule has 0 aromatic heterocycles. The average molecular weight is 184 g/mol. The van der Waals surface area contributed by atoms with Crippen LogP contribution in [0.3, 0.4) is 0 Å². The van der Waals surface area contributed by atoms with E-state index in [0.29, 0.717) is 6.29 Å². The van der Waals surface area contributed by atoms with Crippen LogP contribution in [0.5, 0.6) is 0 Å². The summed E-state index contributed by atoms with van der Waals surface area (Å²) in [6.45, 7) is -0.642. The molecule has 0 rings (SSSR count). The molecule has 0 amide bonds. The highest BCUT2D eigenvalue weighted by Crippen LogP contribution is 2.01. The normalized spacial score (nSPS) is 17.3. The van der Waals surface area contributed by atoms with Crippen LogP contribution < -0.4 is 0 Å². The highest BCUT2D eigenvalue weighted by Gasteiger charge is 2.23. The van der Waals surface area contributed by atoms with Crippen LogP contribution in [0.1, 0.15) is 6.42 Å². The van der Waals surface area contributed by atoms with Gasteiger partial charge < -0.3 is 25.2 Å². The van der Waals surface area contributed by atoms with Crippen LogP contribution in [0.15, 0.2) is 0 Å². The summed E-state index contributed by atoms with van der Waals surface area (Å²) in [5, 5.41) is 34.8. The number of hydrogen-bond acceptors (Lipinski definition) is 5. The fraction of sp³-hybridized carbons (Fsp3) is 0.833. The molecule has 0 radical (unpaired) electrons. The SMILES string of the molecule is F.O=CCC(O)C(O)C(O)CO. The van der Waals surface area contributed by atoms with E-state index in [0.717, 1.165) is 0 Å². The van der Waals surface area contributed by atoms with Crippen molar-refractivity contribution in [3.05, 3.63) is 0 Å². The quantitative estimate of drug-likeness (QED) is 0.364. The van der Waals surface area contributed by atoms with Crippen molar-refractivity contribution in [3.63, 3.8) is 0 Å². The maximum absolute atomic E-state index is 9.82. The van der Waals surface area contributed by atoms with E-state index in [9.17, 15) is 4.79 Å². The molecule has 0 spiro atoms. The van der Waals surface area contributed by atoms with E-state index >= 15 is 0 Å². The van der Waals surface area contributed by atoms with Crippen LogP contribution >= 0.6 is 0 Å². The van der Waals surface area contributed by atoms with E-state index in [1.54, 1.807) is 0 Å². The molecule has 0 heterocycles. The molecule has 0 bridgehead atoms. The van der Waals surface area contributed by atoms with Gasteiger partial charge in [0.15, 0.2) is 0 Å². The van der Waals surface area contributed by atoms with Crippen LogP contribution in [0.25, 0.3) is 0 Å². The molecule has 4 N–H and O–H groups in total. The third-order valence-corrected chi connectivity index (χ3v) is 1.31. The second-order valence-electron chi connectivity index (χ2n) is 2.21. The smallest absolute Gasteiger partial charge is 0.122 e. The largest absolute Gasteiger partial charge is 0.394 e. The van der Waals surface area contributed by atoms with E-state index in [1.165, 1.54) is 0 Å². The van der Waals surface area contributed by atoms with E-state index < -0.39 is 24.9 Å². The first-order chi connectivity index (χ1) is 5.13. The first kappa shape index (κ1) is 14.0. The minimum Gasteiger partial charge on any atom is -0.394 e. The fourth-order valence-electron chi connectivity index (χ4n) is 0.602. The molecular formula is C6H13FO5. The number of aldehydes is 1. The molecule has 6 heteroatoms. The van der Waals surface area contributed by atoms with Crippen molar-refractivity contribution in [2.45, 2.75) is 24.7 Å². The van der Waals surface area contributed by atoms with E-state index in [1.807, 2.05) is 0 Å². The molecule has 0 aliphatic rings. The standard InChI is InChI=1S/C6H12O5.FH/c7-2-1-4(9)6(11)5(10)3-8;/h2,4-6,8-11H,1,3H2;1H. The minimum atomic E-state index is -1.47. The molecule has 0 aromatic rings. The molecule has 0 fully saturated rings. The zero-order chi connectivity index (χ0) is 8.85. The number of hydrogen-bond donors (Lipinski definition) is 4. The summed E-state index contributed by atoms with van der Waals surface area (Å²) < 4.78 is 0. The fourth-order valence-corrected chi connectivity index (χ4v) is 0.602. The van der Waals surface area contributed by atoms with Gasteiger partial charge in [0.25, 0.3) is 0 Å². The van der Waals surface area contributed by atoms with Crippen LogP contribution in [0, 0.1) is 0 Å². The number of carbonyl (C=O) groups is 1. The Morgan fingerprint density at radius 2 is 1.67 bits per heavy atom. The van der Waals surface area contributed by atoms with Gasteiger partial charge in [0.05, 0.1) is 12.7 Å². The van der Waals surface area contributed by atoms with Gasteiger partial charge in [-0.3, -0.25) is 4.70 Å². The molecule has 74 valence electrons.